The molecule has 1 aliphatic rings. The molecule has 2 heterocycles. The molecule has 0 saturated carbocycles. The van der Waals surface area contributed by atoms with E-state index in [1.165, 1.54) is 5.56 Å². The van der Waals surface area contributed by atoms with Crippen molar-refractivity contribution in [2.45, 2.75) is 6.92 Å². The second-order valence-corrected chi connectivity index (χ2v) is 5.86. The fourth-order valence-corrected chi connectivity index (χ4v) is 2.66. The third kappa shape index (κ3) is 4.13. The van der Waals surface area contributed by atoms with Crippen molar-refractivity contribution in [2.75, 3.05) is 31.1 Å². The van der Waals surface area contributed by atoms with Gasteiger partial charge < -0.3 is 15.1 Å². The molecule has 1 aromatic carbocycles. The summed E-state index contributed by atoms with van der Waals surface area (Å²) < 4.78 is 0. The van der Waals surface area contributed by atoms with Gasteiger partial charge in [0.05, 0.1) is 0 Å². The fourth-order valence-electron chi connectivity index (χ4n) is 2.66. The van der Waals surface area contributed by atoms with Gasteiger partial charge in [-0.1, -0.05) is 35.9 Å². The molecule has 0 spiro atoms. The number of benzene rings is 1. The highest BCUT2D eigenvalue weighted by Gasteiger charge is 2.20. The van der Waals surface area contributed by atoms with Crippen molar-refractivity contribution in [1.29, 1.82) is 0 Å². The average molecular weight is 322 g/mol. The van der Waals surface area contributed by atoms with Crippen molar-refractivity contribution in [1.82, 2.24) is 15.2 Å². The molecule has 24 heavy (non-hydrogen) atoms. The van der Waals surface area contributed by atoms with Gasteiger partial charge in [-0.15, -0.1) is 0 Å². The lowest BCUT2D eigenvalue weighted by Crippen LogP contribution is -2.51. The first kappa shape index (κ1) is 16.1. The molecule has 1 aliphatic heterocycles. The van der Waals surface area contributed by atoms with Crippen LogP contribution in [-0.2, 0) is 0 Å². The smallest absolute Gasteiger partial charge is 0.321 e. The highest BCUT2D eigenvalue weighted by atomic mass is 16.2. The normalized spacial score (nSPS) is 14.9. The van der Waals surface area contributed by atoms with Gasteiger partial charge in [0.2, 0.25) is 0 Å². The van der Waals surface area contributed by atoms with Gasteiger partial charge in [0.15, 0.2) is 0 Å². The maximum atomic E-state index is 12.2. The van der Waals surface area contributed by atoms with E-state index in [1.54, 1.807) is 12.4 Å². The van der Waals surface area contributed by atoms with Crippen LogP contribution >= 0.6 is 0 Å². The molecule has 0 atom stereocenters. The third-order valence-corrected chi connectivity index (χ3v) is 4.10. The van der Waals surface area contributed by atoms with Crippen molar-refractivity contribution < 1.29 is 4.79 Å². The second-order valence-electron chi connectivity index (χ2n) is 5.86. The number of piperazine rings is 1. The van der Waals surface area contributed by atoms with Crippen LogP contribution in [-0.4, -0.2) is 42.1 Å². The van der Waals surface area contributed by atoms with Gasteiger partial charge in [0, 0.05) is 38.6 Å². The van der Waals surface area contributed by atoms with Crippen LogP contribution in [0, 0.1) is 6.92 Å². The van der Waals surface area contributed by atoms with E-state index in [0.29, 0.717) is 13.1 Å². The summed E-state index contributed by atoms with van der Waals surface area (Å²) in [4.78, 5) is 20.6. The highest BCUT2D eigenvalue weighted by Crippen LogP contribution is 2.12. The summed E-state index contributed by atoms with van der Waals surface area (Å²) in [5, 5.41) is 2.84. The predicted octanol–water partition coefficient (Wildman–Crippen LogP) is 2.89. The number of aromatic nitrogens is 1. The van der Waals surface area contributed by atoms with Crippen molar-refractivity contribution in [3.8, 4) is 0 Å². The van der Waals surface area contributed by atoms with Crippen molar-refractivity contribution in [3.63, 3.8) is 0 Å². The third-order valence-electron chi connectivity index (χ3n) is 4.10. The van der Waals surface area contributed by atoms with E-state index in [1.807, 2.05) is 41.3 Å². The number of carbonyl (C=O) groups excluding carboxylic acids is 1. The van der Waals surface area contributed by atoms with E-state index in [4.69, 9.17) is 0 Å². The molecule has 3 rings (SSSR count). The molecule has 2 aromatic rings. The monoisotopic (exact) mass is 322 g/mol. The molecule has 0 aliphatic carbocycles. The van der Waals surface area contributed by atoms with Crippen LogP contribution in [0.25, 0.3) is 6.08 Å². The molecule has 1 N–H and O–H groups in total. The number of pyridine rings is 1. The van der Waals surface area contributed by atoms with Crippen LogP contribution in [0.2, 0.25) is 0 Å². The Balaban J connectivity index is 1.47. The minimum absolute atomic E-state index is 0.0565. The minimum Gasteiger partial charge on any atom is -0.353 e. The van der Waals surface area contributed by atoms with E-state index in [2.05, 4.69) is 34.3 Å². The van der Waals surface area contributed by atoms with Gasteiger partial charge in [-0.3, -0.25) is 0 Å². The standard InChI is InChI=1S/C19H22N4O/c1-16-5-7-17(8-6-16)9-11-21-19(24)23-14-12-22(13-15-23)18-4-2-3-10-20-18/h2-11H,12-15H2,1H3,(H,21,24)/b11-9+. The molecule has 1 fully saturated rings. The average Bonchev–Trinajstić information content (AvgIpc) is 2.64. The van der Waals surface area contributed by atoms with Crippen molar-refractivity contribution in [3.05, 3.63) is 66.0 Å². The number of hydrogen-bond acceptors (Lipinski definition) is 3. The largest absolute Gasteiger partial charge is 0.353 e. The summed E-state index contributed by atoms with van der Waals surface area (Å²) in [7, 11) is 0. The maximum absolute atomic E-state index is 12.2. The zero-order valence-electron chi connectivity index (χ0n) is 13.9. The number of carbonyl (C=O) groups is 1. The van der Waals surface area contributed by atoms with E-state index in [-0.39, 0.29) is 6.03 Å². The van der Waals surface area contributed by atoms with Gasteiger partial charge >= 0.3 is 6.03 Å². The lowest BCUT2D eigenvalue weighted by Gasteiger charge is -2.35. The number of amides is 2. The molecule has 0 bridgehead atoms. The number of hydrogen-bond donors (Lipinski definition) is 1. The predicted molar refractivity (Wildman–Crippen MR) is 96.8 cm³/mol. The Morgan fingerprint density at radius 2 is 1.83 bits per heavy atom. The highest BCUT2D eigenvalue weighted by molar-refractivity contribution is 5.76. The summed E-state index contributed by atoms with van der Waals surface area (Å²) >= 11 is 0. The molecule has 0 unspecified atom stereocenters. The lowest BCUT2D eigenvalue weighted by atomic mass is 10.1. The van der Waals surface area contributed by atoms with Crippen molar-refractivity contribution >= 4 is 17.9 Å². The van der Waals surface area contributed by atoms with Crippen LogP contribution < -0.4 is 10.2 Å². The molecule has 5 heteroatoms. The van der Waals surface area contributed by atoms with Crippen LogP contribution in [0.3, 0.4) is 0 Å². The number of anilines is 1. The van der Waals surface area contributed by atoms with E-state index < -0.39 is 0 Å². The molecule has 5 nitrogen and oxygen atoms in total. The van der Waals surface area contributed by atoms with E-state index in [0.717, 1.165) is 24.5 Å². The second kappa shape index (κ2) is 7.64. The van der Waals surface area contributed by atoms with Crippen LogP contribution in [0.4, 0.5) is 10.6 Å². The van der Waals surface area contributed by atoms with Gasteiger partial charge in [-0.2, -0.15) is 0 Å². The van der Waals surface area contributed by atoms with Gasteiger partial charge in [0.25, 0.3) is 0 Å². The Labute approximate surface area is 142 Å². The van der Waals surface area contributed by atoms with Gasteiger partial charge in [0.1, 0.15) is 5.82 Å². The zero-order chi connectivity index (χ0) is 16.8. The molecule has 1 aromatic heterocycles. The first-order chi connectivity index (χ1) is 11.7. The molecule has 2 amide bonds. The Bertz CT molecular complexity index is 689. The van der Waals surface area contributed by atoms with E-state index >= 15 is 0 Å². The number of rotatable bonds is 3. The Morgan fingerprint density at radius 1 is 1.08 bits per heavy atom. The topological polar surface area (TPSA) is 48.5 Å². The first-order valence-electron chi connectivity index (χ1n) is 8.17. The van der Waals surface area contributed by atoms with Gasteiger partial charge in [-0.05, 0) is 30.7 Å². The van der Waals surface area contributed by atoms with Gasteiger partial charge in [-0.25, -0.2) is 9.78 Å². The summed E-state index contributed by atoms with van der Waals surface area (Å²) in [6.45, 7) is 5.04. The van der Waals surface area contributed by atoms with Crippen LogP contribution in [0.15, 0.2) is 54.9 Å². The number of aryl methyl sites for hydroxylation is 1. The summed E-state index contributed by atoms with van der Waals surface area (Å²) in [5.74, 6) is 0.969. The molecular weight excluding hydrogens is 300 g/mol. The quantitative estimate of drug-likeness (QED) is 0.945. The lowest BCUT2D eigenvalue weighted by molar-refractivity contribution is 0.198. The Kier molecular flexibility index (Phi) is 5.11. The molecule has 1 saturated heterocycles. The summed E-state index contributed by atoms with van der Waals surface area (Å²) in [6.07, 6.45) is 5.41. The van der Waals surface area contributed by atoms with E-state index in [9.17, 15) is 4.79 Å². The number of nitrogens with one attached hydrogen (secondary N) is 1. The zero-order valence-corrected chi connectivity index (χ0v) is 13.9. The Hall–Kier alpha value is -2.82. The van der Waals surface area contributed by atoms with Crippen LogP contribution in [0.1, 0.15) is 11.1 Å². The number of urea groups is 1. The summed E-state index contributed by atoms with van der Waals surface area (Å²) in [6, 6.07) is 14.0. The van der Waals surface area contributed by atoms with Crippen LogP contribution in [0.5, 0.6) is 0 Å². The maximum Gasteiger partial charge on any atom is 0.321 e. The molecule has 0 radical (unpaired) electrons. The summed E-state index contributed by atoms with van der Waals surface area (Å²) in [5.41, 5.74) is 2.29. The molecular formula is C19H22N4O. The fraction of sp³-hybridized carbons (Fsp3) is 0.263. The number of nitrogens with zero attached hydrogens (tertiary/aromatic N) is 3. The minimum atomic E-state index is -0.0565. The SMILES string of the molecule is Cc1ccc(/C=C/NC(=O)N2CCN(c3ccccn3)CC2)cc1. The van der Waals surface area contributed by atoms with Crippen molar-refractivity contribution in [2.24, 2.45) is 0 Å². The first-order valence-corrected chi connectivity index (χ1v) is 8.17. The Morgan fingerprint density at radius 3 is 2.50 bits per heavy atom. The molecule has 124 valence electrons.